The monoisotopic (exact) mass is 282 g/mol. The van der Waals surface area contributed by atoms with Crippen LogP contribution in [0.15, 0.2) is 20.0 Å². The number of nitrogens with zero attached hydrogens (tertiary/aromatic N) is 4. The predicted octanol–water partition coefficient (Wildman–Crippen LogP) is 2.33. The van der Waals surface area contributed by atoms with E-state index in [9.17, 15) is 0 Å². The minimum atomic E-state index is 0. The molecule has 0 heterocycles. The number of hydrogen-bond donors (Lipinski definition) is 0. The van der Waals surface area contributed by atoms with Gasteiger partial charge in [0, 0.05) is 68.5 Å². The van der Waals surface area contributed by atoms with Crippen molar-refractivity contribution in [1.29, 1.82) is 0 Å². The van der Waals surface area contributed by atoms with Gasteiger partial charge < -0.3 is 0 Å². The summed E-state index contributed by atoms with van der Waals surface area (Å²) in [6.45, 7) is 6.05. The number of aliphatic imine (C=N–C) groups is 4. The molecule has 0 bridgehead atoms. The maximum absolute atomic E-state index is 4.09. The van der Waals surface area contributed by atoms with E-state index < -0.39 is 0 Å². The Morgan fingerprint density at radius 2 is 1.06 bits per heavy atom. The Morgan fingerprint density at radius 1 is 0.706 bits per heavy atom. The fourth-order valence-corrected chi connectivity index (χ4v) is 0.635. The smallest absolute Gasteiger partial charge is 0.0390 e. The van der Waals surface area contributed by atoms with Gasteiger partial charge in [-0.2, -0.15) is 0 Å². The van der Waals surface area contributed by atoms with Gasteiger partial charge in [0.25, 0.3) is 0 Å². The van der Waals surface area contributed by atoms with Crippen molar-refractivity contribution in [2.24, 2.45) is 20.0 Å². The predicted molar refractivity (Wildman–Crippen MR) is 76.1 cm³/mol. The van der Waals surface area contributed by atoms with Crippen LogP contribution in [0.5, 0.6) is 0 Å². The second-order valence-corrected chi connectivity index (χ2v) is 2.93. The topological polar surface area (TPSA) is 49.4 Å². The van der Waals surface area contributed by atoms with Gasteiger partial charge in [0.15, 0.2) is 0 Å². The van der Waals surface area contributed by atoms with Crippen LogP contribution in [-0.2, 0) is 16.5 Å². The van der Waals surface area contributed by atoms with E-state index in [-0.39, 0.29) is 16.5 Å². The first-order valence-corrected chi connectivity index (χ1v) is 5.64. The van der Waals surface area contributed by atoms with Crippen LogP contribution in [0.3, 0.4) is 0 Å². The molecule has 0 aromatic rings. The molecule has 0 aliphatic heterocycles. The minimum absolute atomic E-state index is 0. The molecular weight excluding hydrogens is 259 g/mol. The van der Waals surface area contributed by atoms with Gasteiger partial charge in [-0.15, -0.1) is 0 Å². The van der Waals surface area contributed by atoms with E-state index in [2.05, 4.69) is 33.8 Å². The molecule has 4 nitrogen and oxygen atoms in total. The van der Waals surface area contributed by atoms with Gasteiger partial charge in [-0.3, -0.25) is 20.0 Å². The van der Waals surface area contributed by atoms with Gasteiger partial charge in [-0.05, 0) is 12.8 Å². The Morgan fingerprint density at radius 3 is 1.29 bits per heavy atom. The Labute approximate surface area is 115 Å². The van der Waals surface area contributed by atoms with Crippen LogP contribution in [0.25, 0.3) is 0 Å². The molecule has 5 heteroatoms. The zero-order valence-corrected chi connectivity index (χ0v) is 12.2. The SMILES string of the molecule is CCCN=CC=NCCC.CN=CC=NC.[Ni]. The third-order valence-corrected chi connectivity index (χ3v) is 1.35. The van der Waals surface area contributed by atoms with E-state index in [4.69, 9.17) is 0 Å². The first-order valence-electron chi connectivity index (χ1n) is 5.64. The van der Waals surface area contributed by atoms with E-state index in [1.54, 1.807) is 39.0 Å². The Hall–Kier alpha value is -0.826. The zero-order valence-electron chi connectivity index (χ0n) is 11.2. The Bertz CT molecular complexity index is 199. The van der Waals surface area contributed by atoms with Crippen LogP contribution >= 0.6 is 0 Å². The molecular formula is C12H24N4Ni. The number of hydrogen-bond acceptors (Lipinski definition) is 4. The van der Waals surface area contributed by atoms with Crippen LogP contribution in [0.4, 0.5) is 0 Å². The maximum atomic E-state index is 4.09. The molecule has 17 heavy (non-hydrogen) atoms. The van der Waals surface area contributed by atoms with Gasteiger partial charge in [0.05, 0.1) is 0 Å². The van der Waals surface area contributed by atoms with Crippen molar-refractivity contribution in [1.82, 2.24) is 0 Å². The summed E-state index contributed by atoms with van der Waals surface area (Å²) in [6.07, 6.45) is 9.05. The van der Waals surface area contributed by atoms with E-state index in [0.29, 0.717) is 0 Å². The van der Waals surface area contributed by atoms with Gasteiger partial charge in [-0.25, -0.2) is 0 Å². The van der Waals surface area contributed by atoms with E-state index in [0.717, 1.165) is 25.9 Å². The van der Waals surface area contributed by atoms with Crippen molar-refractivity contribution in [2.45, 2.75) is 26.7 Å². The molecule has 0 aromatic carbocycles. The zero-order chi connectivity index (χ0) is 12.5. The summed E-state index contributed by atoms with van der Waals surface area (Å²) in [5, 5.41) is 0. The fourth-order valence-electron chi connectivity index (χ4n) is 0.635. The quantitative estimate of drug-likeness (QED) is 0.530. The van der Waals surface area contributed by atoms with Crippen LogP contribution in [0, 0.1) is 0 Å². The van der Waals surface area contributed by atoms with Crippen molar-refractivity contribution in [3.63, 3.8) is 0 Å². The summed E-state index contributed by atoms with van der Waals surface area (Å²) < 4.78 is 0. The van der Waals surface area contributed by atoms with Crippen molar-refractivity contribution in [3.8, 4) is 0 Å². The molecule has 0 N–H and O–H groups in total. The molecule has 0 spiro atoms. The molecule has 0 radical (unpaired) electrons. The van der Waals surface area contributed by atoms with Gasteiger partial charge in [-0.1, -0.05) is 13.8 Å². The fraction of sp³-hybridized carbons (Fsp3) is 0.667. The van der Waals surface area contributed by atoms with Crippen molar-refractivity contribution < 1.29 is 16.5 Å². The van der Waals surface area contributed by atoms with E-state index in [1.807, 2.05) is 0 Å². The average molecular weight is 283 g/mol. The average Bonchev–Trinajstić information content (AvgIpc) is 2.32. The third-order valence-electron chi connectivity index (χ3n) is 1.35. The normalized spacial score (nSPS) is 11.1. The maximum Gasteiger partial charge on any atom is 0.0390 e. The standard InChI is InChI=1S/C8H16N2.C4H8N2.Ni/c1-3-5-9-7-8-10-6-4-2;1-5-3-4-6-2;/h7-8H,3-6H2,1-2H3;3-4H,1-2H3;. The van der Waals surface area contributed by atoms with E-state index >= 15 is 0 Å². The van der Waals surface area contributed by atoms with Crippen LogP contribution in [-0.4, -0.2) is 52.0 Å². The largest absolute Gasteiger partial charge is 0.295 e. The van der Waals surface area contributed by atoms with Crippen LogP contribution in [0.1, 0.15) is 26.7 Å². The first kappa shape index (κ1) is 21.5. The van der Waals surface area contributed by atoms with Gasteiger partial charge in [0.1, 0.15) is 0 Å². The summed E-state index contributed by atoms with van der Waals surface area (Å²) in [6, 6.07) is 0. The van der Waals surface area contributed by atoms with Crippen LogP contribution in [0.2, 0.25) is 0 Å². The Balaban J connectivity index is -0.000000244. The van der Waals surface area contributed by atoms with E-state index in [1.165, 1.54) is 0 Å². The molecule has 0 saturated carbocycles. The van der Waals surface area contributed by atoms with Crippen molar-refractivity contribution in [3.05, 3.63) is 0 Å². The molecule has 0 aliphatic rings. The minimum Gasteiger partial charge on any atom is -0.295 e. The second-order valence-electron chi connectivity index (χ2n) is 2.93. The molecule has 0 unspecified atom stereocenters. The summed E-state index contributed by atoms with van der Waals surface area (Å²) >= 11 is 0. The third kappa shape index (κ3) is 31.3. The van der Waals surface area contributed by atoms with Gasteiger partial charge >= 0.3 is 0 Å². The molecule has 0 amide bonds. The molecule has 0 aliphatic carbocycles. The van der Waals surface area contributed by atoms with Gasteiger partial charge in [0.2, 0.25) is 0 Å². The molecule has 102 valence electrons. The van der Waals surface area contributed by atoms with Crippen LogP contribution < -0.4 is 0 Å². The summed E-state index contributed by atoms with van der Waals surface area (Å²) in [4.78, 5) is 15.5. The second kappa shape index (κ2) is 24.4. The Kier molecular flexibility index (Phi) is 30.8. The first-order chi connectivity index (χ1) is 7.83. The molecule has 0 aromatic heterocycles. The molecule has 0 saturated heterocycles. The molecule has 0 atom stereocenters. The van der Waals surface area contributed by atoms with Crippen molar-refractivity contribution in [2.75, 3.05) is 27.2 Å². The number of rotatable bonds is 6. The summed E-state index contributed by atoms with van der Waals surface area (Å²) in [7, 11) is 3.42. The summed E-state index contributed by atoms with van der Waals surface area (Å²) in [5.41, 5.74) is 0. The summed E-state index contributed by atoms with van der Waals surface area (Å²) in [5.74, 6) is 0. The van der Waals surface area contributed by atoms with Crippen molar-refractivity contribution >= 4 is 24.9 Å². The molecule has 0 rings (SSSR count). The molecule has 0 fully saturated rings.